The Morgan fingerprint density at radius 2 is 2.25 bits per heavy atom. The Morgan fingerprint density at radius 1 is 1.50 bits per heavy atom. The zero-order valence-electron chi connectivity index (χ0n) is 10.4. The predicted molar refractivity (Wildman–Crippen MR) is 71.1 cm³/mol. The molecule has 0 aliphatic carbocycles. The maximum Gasteiger partial charge on any atom is 0.237 e. The lowest BCUT2D eigenvalue weighted by Crippen LogP contribution is -2.23. The number of halogens is 2. The van der Waals surface area contributed by atoms with Crippen molar-refractivity contribution in [1.82, 2.24) is 15.2 Å². The van der Waals surface area contributed by atoms with E-state index in [1.165, 1.54) is 0 Å². The van der Waals surface area contributed by atoms with E-state index in [1.54, 1.807) is 6.92 Å². The molecule has 9 heteroatoms. The van der Waals surface area contributed by atoms with E-state index >= 15 is 0 Å². The van der Waals surface area contributed by atoms with Gasteiger partial charge >= 0.3 is 0 Å². The molecule has 0 saturated carbocycles. The minimum atomic E-state index is -0.709. The number of carbonyl (C=O) groups excluding carboxylic acids is 1. The average molecular weight is 299 g/mol. The number of amides is 1. The number of aromatic amines is 1. The van der Waals surface area contributed by atoms with Crippen LogP contribution in [0.1, 0.15) is 6.92 Å². The molecule has 1 amide bonds. The zero-order valence-corrected chi connectivity index (χ0v) is 11.2. The van der Waals surface area contributed by atoms with E-state index in [9.17, 15) is 13.6 Å². The van der Waals surface area contributed by atoms with Crippen molar-refractivity contribution in [1.29, 1.82) is 0 Å². The van der Waals surface area contributed by atoms with Gasteiger partial charge in [-0.3, -0.25) is 4.79 Å². The first-order chi connectivity index (χ1) is 9.45. The summed E-state index contributed by atoms with van der Waals surface area (Å²) in [5, 5.41) is 8.20. The van der Waals surface area contributed by atoms with E-state index in [0.717, 1.165) is 30.0 Å². The van der Waals surface area contributed by atoms with Crippen molar-refractivity contribution in [2.24, 2.45) is 0 Å². The highest BCUT2D eigenvalue weighted by Gasteiger charge is 2.18. The standard InChI is InChI=1S/C11H11F2N5OS/c1-5(20-11-16-10(14)17-18-11)9(19)15-8-4-6(12)2-3-7(8)13/h2-5H,1H3,(H,15,19)(H3,14,16,17,18)/t5-/m1/s1. The van der Waals surface area contributed by atoms with Crippen LogP contribution in [0.25, 0.3) is 0 Å². The van der Waals surface area contributed by atoms with Crippen LogP contribution in [0.4, 0.5) is 20.4 Å². The minimum Gasteiger partial charge on any atom is -0.368 e. The van der Waals surface area contributed by atoms with Gasteiger partial charge in [0.05, 0.1) is 10.9 Å². The fourth-order valence-electron chi connectivity index (χ4n) is 1.35. The molecule has 4 N–H and O–H groups in total. The molecule has 0 radical (unpaired) electrons. The summed E-state index contributed by atoms with van der Waals surface area (Å²) in [4.78, 5) is 15.7. The Labute approximate surface area is 117 Å². The first-order valence-corrected chi connectivity index (χ1v) is 6.44. The smallest absolute Gasteiger partial charge is 0.237 e. The lowest BCUT2D eigenvalue weighted by atomic mass is 10.3. The molecule has 106 valence electrons. The Balaban J connectivity index is 2.02. The fraction of sp³-hybridized carbons (Fsp3) is 0.182. The van der Waals surface area contributed by atoms with Gasteiger partial charge < -0.3 is 11.1 Å². The molecule has 1 aromatic carbocycles. The number of benzene rings is 1. The number of hydrogen-bond donors (Lipinski definition) is 3. The summed E-state index contributed by atoms with van der Waals surface area (Å²) in [7, 11) is 0. The van der Waals surface area contributed by atoms with Gasteiger partial charge in [0.2, 0.25) is 17.0 Å². The average Bonchev–Trinajstić information content (AvgIpc) is 2.79. The first-order valence-electron chi connectivity index (χ1n) is 5.56. The lowest BCUT2D eigenvalue weighted by molar-refractivity contribution is -0.115. The highest BCUT2D eigenvalue weighted by Crippen LogP contribution is 2.22. The molecule has 6 nitrogen and oxygen atoms in total. The SMILES string of the molecule is C[C@@H](Sc1n[nH]c(N)n1)C(=O)Nc1cc(F)ccc1F. The number of anilines is 2. The molecule has 0 fully saturated rings. The number of rotatable bonds is 4. The summed E-state index contributed by atoms with van der Waals surface area (Å²) in [5.74, 6) is -1.71. The van der Waals surface area contributed by atoms with Crippen molar-refractivity contribution in [3.05, 3.63) is 29.8 Å². The number of nitrogens with two attached hydrogens (primary N) is 1. The molecule has 20 heavy (non-hydrogen) atoms. The highest BCUT2D eigenvalue weighted by atomic mass is 32.2. The van der Waals surface area contributed by atoms with Crippen molar-refractivity contribution in [3.63, 3.8) is 0 Å². The number of hydrogen-bond acceptors (Lipinski definition) is 5. The van der Waals surface area contributed by atoms with Crippen molar-refractivity contribution in [2.75, 3.05) is 11.1 Å². The van der Waals surface area contributed by atoms with E-state index < -0.39 is 22.8 Å². The van der Waals surface area contributed by atoms with Crippen molar-refractivity contribution in [2.45, 2.75) is 17.3 Å². The van der Waals surface area contributed by atoms with Gasteiger partial charge in [-0.1, -0.05) is 11.8 Å². The van der Waals surface area contributed by atoms with Crippen LogP contribution in [0.3, 0.4) is 0 Å². The Bertz CT molecular complexity index is 633. The van der Waals surface area contributed by atoms with Crippen LogP contribution in [0.2, 0.25) is 0 Å². The Kier molecular flexibility index (Phi) is 4.18. The molecule has 1 aromatic heterocycles. The van der Waals surface area contributed by atoms with Crippen LogP contribution < -0.4 is 11.1 Å². The summed E-state index contributed by atoms with van der Waals surface area (Å²) in [6.07, 6.45) is 0. The molecule has 2 rings (SSSR count). The summed E-state index contributed by atoms with van der Waals surface area (Å²) in [6, 6.07) is 2.83. The van der Waals surface area contributed by atoms with Crippen LogP contribution >= 0.6 is 11.8 Å². The third-order valence-corrected chi connectivity index (χ3v) is 3.28. The van der Waals surface area contributed by atoms with Gasteiger partial charge in [0.1, 0.15) is 11.6 Å². The molecular formula is C11H11F2N5OS. The van der Waals surface area contributed by atoms with Gasteiger partial charge in [0.15, 0.2) is 0 Å². The molecule has 2 aromatic rings. The van der Waals surface area contributed by atoms with Crippen molar-refractivity contribution < 1.29 is 13.6 Å². The molecule has 0 saturated heterocycles. The second-order valence-corrected chi connectivity index (χ2v) is 5.18. The third-order valence-electron chi connectivity index (χ3n) is 2.32. The number of thioether (sulfide) groups is 1. The van der Waals surface area contributed by atoms with Crippen molar-refractivity contribution in [3.8, 4) is 0 Å². The summed E-state index contributed by atoms with van der Waals surface area (Å²) in [6.45, 7) is 1.59. The molecule has 1 atom stereocenters. The zero-order chi connectivity index (χ0) is 14.7. The van der Waals surface area contributed by atoms with E-state index in [2.05, 4.69) is 20.5 Å². The maximum atomic E-state index is 13.4. The molecule has 0 unspecified atom stereocenters. The highest BCUT2D eigenvalue weighted by molar-refractivity contribution is 8.00. The van der Waals surface area contributed by atoms with Gasteiger partial charge in [-0.15, -0.1) is 5.10 Å². The monoisotopic (exact) mass is 299 g/mol. The quantitative estimate of drug-likeness (QED) is 0.748. The summed E-state index contributed by atoms with van der Waals surface area (Å²) in [5.41, 5.74) is 5.15. The second kappa shape index (κ2) is 5.87. The Hall–Kier alpha value is -2.16. The molecule has 1 heterocycles. The number of nitrogens with zero attached hydrogens (tertiary/aromatic N) is 2. The second-order valence-electron chi connectivity index (χ2n) is 3.88. The number of aromatic nitrogens is 3. The lowest BCUT2D eigenvalue weighted by Gasteiger charge is -2.10. The third kappa shape index (κ3) is 3.44. The molecule has 0 aliphatic heterocycles. The summed E-state index contributed by atoms with van der Waals surface area (Å²) >= 11 is 1.04. The van der Waals surface area contributed by atoms with Crippen LogP contribution in [0.15, 0.2) is 23.4 Å². The van der Waals surface area contributed by atoms with Gasteiger partial charge in [-0.25, -0.2) is 13.9 Å². The number of H-pyrrole nitrogens is 1. The summed E-state index contributed by atoms with van der Waals surface area (Å²) < 4.78 is 26.4. The van der Waals surface area contributed by atoms with E-state index in [4.69, 9.17) is 5.73 Å². The van der Waals surface area contributed by atoms with Crippen LogP contribution in [-0.2, 0) is 4.79 Å². The van der Waals surface area contributed by atoms with Gasteiger partial charge in [-0.05, 0) is 19.1 Å². The van der Waals surface area contributed by atoms with E-state index in [-0.39, 0.29) is 11.6 Å². The largest absolute Gasteiger partial charge is 0.368 e. The predicted octanol–water partition coefficient (Wildman–Crippen LogP) is 1.78. The number of nitrogen functional groups attached to an aromatic ring is 1. The molecular weight excluding hydrogens is 288 g/mol. The molecule has 0 spiro atoms. The molecule has 0 aliphatic rings. The number of carbonyl (C=O) groups is 1. The van der Waals surface area contributed by atoms with Crippen LogP contribution in [-0.4, -0.2) is 26.3 Å². The topological polar surface area (TPSA) is 96.7 Å². The fourth-order valence-corrected chi connectivity index (χ4v) is 2.08. The van der Waals surface area contributed by atoms with Crippen molar-refractivity contribution >= 4 is 29.3 Å². The first kappa shape index (κ1) is 14.3. The number of nitrogens with one attached hydrogen (secondary N) is 2. The molecule has 0 bridgehead atoms. The van der Waals surface area contributed by atoms with Crippen LogP contribution in [0, 0.1) is 11.6 Å². The van der Waals surface area contributed by atoms with Crippen LogP contribution in [0.5, 0.6) is 0 Å². The van der Waals surface area contributed by atoms with Gasteiger partial charge in [0, 0.05) is 6.07 Å². The van der Waals surface area contributed by atoms with E-state index in [1.807, 2.05) is 0 Å². The minimum absolute atomic E-state index is 0.135. The maximum absolute atomic E-state index is 13.4. The Morgan fingerprint density at radius 3 is 2.90 bits per heavy atom. The van der Waals surface area contributed by atoms with Gasteiger partial charge in [0.25, 0.3) is 0 Å². The van der Waals surface area contributed by atoms with Gasteiger partial charge in [-0.2, -0.15) is 4.98 Å². The van der Waals surface area contributed by atoms with E-state index in [0.29, 0.717) is 5.16 Å². The normalized spacial score (nSPS) is 12.2.